The fourth-order valence-corrected chi connectivity index (χ4v) is 2.03. The lowest BCUT2D eigenvalue weighted by Gasteiger charge is -2.04. The first-order valence-electron chi connectivity index (χ1n) is 6.77. The largest absolute Gasteiger partial charge is 0.496 e. The fraction of sp³-hybridized carbons (Fsp3) is 0.176. The van der Waals surface area contributed by atoms with Gasteiger partial charge in [-0.15, -0.1) is 0 Å². The van der Waals surface area contributed by atoms with Crippen LogP contribution in [0.4, 0.5) is 0 Å². The number of ether oxygens (including phenoxy) is 1. The summed E-state index contributed by atoms with van der Waals surface area (Å²) < 4.78 is 5.23. The zero-order chi connectivity index (χ0) is 15.8. The molecule has 0 aliphatic heterocycles. The topological polar surface area (TPSA) is 47.9 Å². The molecule has 0 atom stereocenters. The quantitative estimate of drug-likeness (QED) is 0.464. The molecule has 0 saturated carbocycles. The van der Waals surface area contributed by atoms with Gasteiger partial charge in [0.15, 0.2) is 0 Å². The third kappa shape index (κ3) is 4.90. The van der Waals surface area contributed by atoms with Gasteiger partial charge >= 0.3 is 5.97 Å². The van der Waals surface area contributed by atoms with Crippen LogP contribution in [0.3, 0.4) is 0 Å². The number of hydrogen-bond donors (Lipinski definition) is 0. The molecule has 0 bridgehead atoms. The van der Waals surface area contributed by atoms with Gasteiger partial charge in [0.2, 0.25) is 0 Å². The van der Waals surface area contributed by atoms with Crippen molar-refractivity contribution in [1.82, 2.24) is 0 Å². The number of hydrogen-bond acceptors (Lipinski definition) is 4. The van der Waals surface area contributed by atoms with Crippen LogP contribution in [0.15, 0.2) is 53.7 Å². The van der Waals surface area contributed by atoms with Gasteiger partial charge in [-0.3, -0.25) is 0 Å². The fourth-order valence-electron chi connectivity index (χ4n) is 1.90. The molecule has 0 unspecified atom stereocenters. The maximum Gasteiger partial charge on any atom is 0.339 e. The number of benzene rings is 2. The van der Waals surface area contributed by atoms with Gasteiger partial charge < -0.3 is 9.57 Å². The molecule has 0 N–H and O–H groups in total. The van der Waals surface area contributed by atoms with Gasteiger partial charge in [0.25, 0.3) is 0 Å². The Kier molecular flexibility index (Phi) is 5.98. The van der Waals surface area contributed by atoms with E-state index in [4.69, 9.17) is 21.2 Å². The van der Waals surface area contributed by atoms with E-state index < -0.39 is 5.97 Å². The average Bonchev–Trinajstić information content (AvgIpc) is 2.54. The Labute approximate surface area is 134 Å². The number of rotatable bonds is 6. The molecular formula is C17H16ClNO3. The van der Waals surface area contributed by atoms with Crippen molar-refractivity contribution in [2.75, 3.05) is 7.11 Å². The molecule has 0 amide bonds. The van der Waals surface area contributed by atoms with Crippen LogP contribution in [0.1, 0.15) is 11.1 Å². The SMILES string of the molecule is COc1ccccc1C/C=N/OC(=O)Cc1ccc(Cl)cc1. The molecular weight excluding hydrogens is 302 g/mol. The summed E-state index contributed by atoms with van der Waals surface area (Å²) >= 11 is 5.78. The summed E-state index contributed by atoms with van der Waals surface area (Å²) in [5.41, 5.74) is 1.80. The highest BCUT2D eigenvalue weighted by Crippen LogP contribution is 2.16. The number of carbonyl (C=O) groups excluding carboxylic acids is 1. The number of halogens is 1. The molecule has 2 rings (SSSR count). The Bertz CT molecular complexity index is 653. The van der Waals surface area contributed by atoms with Gasteiger partial charge in [-0.05, 0) is 29.3 Å². The summed E-state index contributed by atoms with van der Waals surface area (Å²) in [6.07, 6.45) is 2.22. The molecule has 0 heterocycles. The maximum absolute atomic E-state index is 11.6. The molecule has 0 radical (unpaired) electrons. The molecule has 2 aromatic carbocycles. The van der Waals surface area contributed by atoms with E-state index in [1.807, 2.05) is 24.3 Å². The minimum absolute atomic E-state index is 0.156. The zero-order valence-electron chi connectivity index (χ0n) is 12.2. The summed E-state index contributed by atoms with van der Waals surface area (Å²) in [5, 5.41) is 4.33. The lowest BCUT2D eigenvalue weighted by Crippen LogP contribution is -2.04. The smallest absolute Gasteiger partial charge is 0.339 e. The van der Waals surface area contributed by atoms with E-state index in [2.05, 4.69) is 5.16 Å². The van der Waals surface area contributed by atoms with Crippen molar-refractivity contribution in [3.8, 4) is 5.75 Å². The number of oxime groups is 1. The maximum atomic E-state index is 11.6. The predicted octanol–water partition coefficient (Wildman–Crippen LogP) is 3.66. The normalized spacial score (nSPS) is 10.6. The minimum atomic E-state index is -0.418. The lowest BCUT2D eigenvalue weighted by atomic mass is 10.1. The van der Waals surface area contributed by atoms with E-state index in [0.29, 0.717) is 11.4 Å². The van der Waals surface area contributed by atoms with Crippen molar-refractivity contribution in [2.24, 2.45) is 5.16 Å². The van der Waals surface area contributed by atoms with E-state index in [1.165, 1.54) is 6.21 Å². The third-order valence-electron chi connectivity index (χ3n) is 2.99. The summed E-state index contributed by atoms with van der Waals surface area (Å²) in [7, 11) is 1.61. The van der Waals surface area contributed by atoms with Gasteiger partial charge in [0.1, 0.15) is 5.75 Å². The van der Waals surface area contributed by atoms with Gasteiger partial charge in [-0.2, -0.15) is 0 Å². The molecule has 0 saturated heterocycles. The van der Waals surface area contributed by atoms with Crippen LogP contribution in [0.25, 0.3) is 0 Å². The standard InChI is InChI=1S/C17H16ClNO3/c1-21-16-5-3-2-4-14(16)10-11-19-22-17(20)12-13-6-8-15(18)9-7-13/h2-9,11H,10,12H2,1H3/b19-11+. The van der Waals surface area contributed by atoms with Crippen molar-refractivity contribution in [2.45, 2.75) is 12.8 Å². The summed E-state index contributed by atoms with van der Waals surface area (Å²) in [6, 6.07) is 14.6. The summed E-state index contributed by atoms with van der Waals surface area (Å²) in [5.74, 6) is 0.361. The number of carbonyl (C=O) groups is 1. The van der Waals surface area contributed by atoms with Crippen LogP contribution in [-0.2, 0) is 22.5 Å². The van der Waals surface area contributed by atoms with Crippen LogP contribution in [-0.4, -0.2) is 19.3 Å². The van der Waals surface area contributed by atoms with Gasteiger partial charge in [-0.25, -0.2) is 4.79 Å². The Morgan fingerprint density at radius 1 is 1.18 bits per heavy atom. The van der Waals surface area contributed by atoms with Gasteiger partial charge in [-0.1, -0.05) is 47.1 Å². The van der Waals surface area contributed by atoms with E-state index in [0.717, 1.165) is 16.9 Å². The van der Waals surface area contributed by atoms with Gasteiger partial charge in [0, 0.05) is 17.7 Å². The van der Waals surface area contributed by atoms with Crippen molar-refractivity contribution in [3.63, 3.8) is 0 Å². The molecule has 0 aromatic heterocycles. The minimum Gasteiger partial charge on any atom is -0.496 e. The van der Waals surface area contributed by atoms with Crippen LogP contribution >= 0.6 is 11.6 Å². The highest BCUT2D eigenvalue weighted by atomic mass is 35.5. The van der Waals surface area contributed by atoms with Gasteiger partial charge in [0.05, 0.1) is 13.5 Å². The highest BCUT2D eigenvalue weighted by Gasteiger charge is 2.04. The van der Waals surface area contributed by atoms with Crippen molar-refractivity contribution >= 4 is 23.8 Å². The second-order valence-electron chi connectivity index (χ2n) is 4.57. The highest BCUT2D eigenvalue weighted by molar-refractivity contribution is 6.30. The Balaban J connectivity index is 1.82. The molecule has 114 valence electrons. The van der Waals surface area contributed by atoms with Crippen LogP contribution < -0.4 is 4.74 Å². The van der Waals surface area contributed by atoms with E-state index in [1.54, 1.807) is 31.4 Å². The van der Waals surface area contributed by atoms with E-state index >= 15 is 0 Å². The van der Waals surface area contributed by atoms with Crippen molar-refractivity contribution < 1.29 is 14.4 Å². The van der Waals surface area contributed by atoms with Crippen LogP contribution in [0.5, 0.6) is 5.75 Å². The lowest BCUT2D eigenvalue weighted by molar-refractivity contribution is -0.142. The molecule has 2 aromatic rings. The van der Waals surface area contributed by atoms with E-state index in [9.17, 15) is 4.79 Å². The predicted molar refractivity (Wildman–Crippen MR) is 86.4 cm³/mol. The molecule has 4 nitrogen and oxygen atoms in total. The third-order valence-corrected chi connectivity index (χ3v) is 3.25. The molecule has 0 aliphatic carbocycles. The molecule has 5 heteroatoms. The Hall–Kier alpha value is -2.33. The Morgan fingerprint density at radius 2 is 1.91 bits per heavy atom. The average molecular weight is 318 g/mol. The number of nitrogens with zero attached hydrogens (tertiary/aromatic N) is 1. The first-order valence-corrected chi connectivity index (χ1v) is 7.15. The first-order chi connectivity index (χ1) is 10.7. The van der Waals surface area contributed by atoms with Crippen LogP contribution in [0.2, 0.25) is 5.02 Å². The number of methoxy groups -OCH3 is 1. The molecule has 22 heavy (non-hydrogen) atoms. The second kappa shape index (κ2) is 8.20. The first kappa shape index (κ1) is 16.0. The van der Waals surface area contributed by atoms with Crippen LogP contribution in [0, 0.1) is 0 Å². The van der Waals surface area contributed by atoms with E-state index in [-0.39, 0.29) is 6.42 Å². The summed E-state index contributed by atoms with van der Waals surface area (Å²) in [6.45, 7) is 0. The van der Waals surface area contributed by atoms with Crippen molar-refractivity contribution in [3.05, 3.63) is 64.7 Å². The number of para-hydroxylation sites is 1. The molecule has 0 fully saturated rings. The molecule has 0 spiro atoms. The zero-order valence-corrected chi connectivity index (χ0v) is 12.9. The molecule has 0 aliphatic rings. The second-order valence-corrected chi connectivity index (χ2v) is 5.01. The summed E-state index contributed by atoms with van der Waals surface area (Å²) in [4.78, 5) is 16.5. The monoisotopic (exact) mass is 317 g/mol. The Morgan fingerprint density at radius 3 is 2.64 bits per heavy atom. The van der Waals surface area contributed by atoms with Crippen molar-refractivity contribution in [1.29, 1.82) is 0 Å².